The van der Waals surface area contributed by atoms with E-state index in [0.29, 0.717) is 5.56 Å². The summed E-state index contributed by atoms with van der Waals surface area (Å²) in [6.45, 7) is 4.20. The lowest BCUT2D eigenvalue weighted by Crippen LogP contribution is -2.52. The third-order valence-electron chi connectivity index (χ3n) is 5.16. The zero-order valence-corrected chi connectivity index (χ0v) is 18.2. The quantitative estimate of drug-likeness (QED) is 0.213. The number of hydroxylamine groups is 1. The summed E-state index contributed by atoms with van der Waals surface area (Å²) in [6.07, 6.45) is -3.27. The van der Waals surface area contributed by atoms with Gasteiger partial charge < -0.3 is 15.5 Å². The molecule has 0 aliphatic carbocycles. The molecule has 0 aromatic heterocycles. The van der Waals surface area contributed by atoms with Crippen molar-refractivity contribution < 1.29 is 28.3 Å². The van der Waals surface area contributed by atoms with E-state index in [9.17, 15) is 18.4 Å². The van der Waals surface area contributed by atoms with Gasteiger partial charge in [0, 0.05) is 36.3 Å². The van der Waals surface area contributed by atoms with Crippen LogP contribution in [0.25, 0.3) is 0 Å². The number of hydrogen-bond acceptors (Lipinski definition) is 6. The van der Waals surface area contributed by atoms with E-state index in [1.54, 1.807) is 12.1 Å². The topological polar surface area (TPSA) is 115 Å². The van der Waals surface area contributed by atoms with E-state index < -0.39 is 30.0 Å². The molecule has 10 heteroatoms. The van der Waals surface area contributed by atoms with Crippen molar-refractivity contribution in [3.8, 4) is 11.8 Å². The molecule has 0 bridgehead atoms. The number of alkyl halides is 2. The number of carbonyl (C=O) groups excluding carboxylic acids is 2. The summed E-state index contributed by atoms with van der Waals surface area (Å²) in [5.41, 5.74) is 2.56. The van der Waals surface area contributed by atoms with Crippen LogP contribution in [0.3, 0.4) is 0 Å². The van der Waals surface area contributed by atoms with E-state index in [0.717, 1.165) is 38.4 Å². The minimum absolute atomic E-state index is 0.0795. The van der Waals surface area contributed by atoms with Crippen molar-refractivity contribution in [3.63, 3.8) is 0 Å². The predicted octanol–water partition coefficient (Wildman–Crippen LogP) is 1.81. The van der Waals surface area contributed by atoms with Gasteiger partial charge in [-0.2, -0.15) is 0 Å². The highest BCUT2D eigenvalue weighted by atomic mass is 19.3. The number of rotatable bonds is 7. The van der Waals surface area contributed by atoms with E-state index >= 15 is 0 Å². The standard InChI is InChI=1S/C24H24F2N4O4/c25-22(26)20(27)21(24(32)29-33)28-23(31)19-9-7-17(8-10-19)2-1-16-3-5-18(6-4-16)15-30-11-13-34-14-12-30/h3-10,21-22,27,33H,11-15H2,(H,28,31)(H,29,32)/t21-/m0/s1. The molecule has 8 nitrogen and oxygen atoms in total. The van der Waals surface area contributed by atoms with Gasteiger partial charge in [-0.05, 0) is 42.0 Å². The first-order chi connectivity index (χ1) is 16.4. The smallest absolute Gasteiger partial charge is 0.278 e. The number of nitrogens with one attached hydrogen (secondary N) is 3. The molecule has 0 saturated carbocycles. The fraction of sp³-hybridized carbons (Fsp3) is 0.292. The number of hydrogen-bond donors (Lipinski definition) is 4. The van der Waals surface area contributed by atoms with E-state index in [1.807, 2.05) is 29.6 Å². The summed E-state index contributed by atoms with van der Waals surface area (Å²) in [7, 11) is 0. The Morgan fingerprint density at radius 3 is 2.12 bits per heavy atom. The minimum atomic E-state index is -3.27. The van der Waals surface area contributed by atoms with Crippen LogP contribution in [0.1, 0.15) is 27.0 Å². The zero-order valence-electron chi connectivity index (χ0n) is 18.2. The molecule has 4 N–H and O–H groups in total. The van der Waals surface area contributed by atoms with Crippen LogP contribution in [0.4, 0.5) is 8.78 Å². The van der Waals surface area contributed by atoms with E-state index in [1.165, 1.54) is 23.2 Å². The number of nitrogens with zero attached hydrogens (tertiary/aromatic N) is 1. The van der Waals surface area contributed by atoms with Gasteiger partial charge in [0.2, 0.25) is 0 Å². The molecule has 1 aliphatic rings. The molecule has 0 spiro atoms. The van der Waals surface area contributed by atoms with Gasteiger partial charge in [-0.25, -0.2) is 14.3 Å². The van der Waals surface area contributed by atoms with Crippen molar-refractivity contribution in [2.75, 3.05) is 26.3 Å². The normalized spacial score (nSPS) is 14.6. The molecule has 2 aromatic rings. The van der Waals surface area contributed by atoms with Gasteiger partial charge in [-0.1, -0.05) is 24.0 Å². The molecule has 1 fully saturated rings. The van der Waals surface area contributed by atoms with Crippen molar-refractivity contribution in [3.05, 3.63) is 70.8 Å². The van der Waals surface area contributed by atoms with Crippen LogP contribution < -0.4 is 10.8 Å². The fourth-order valence-electron chi connectivity index (χ4n) is 3.25. The summed E-state index contributed by atoms with van der Waals surface area (Å²) in [6, 6.07) is 11.9. The Hall–Kier alpha value is -3.65. The van der Waals surface area contributed by atoms with Gasteiger partial charge >= 0.3 is 0 Å². The molecule has 2 amide bonds. The third-order valence-corrected chi connectivity index (χ3v) is 5.16. The Morgan fingerprint density at radius 1 is 1.03 bits per heavy atom. The number of ether oxygens (including phenoxy) is 1. The van der Waals surface area contributed by atoms with Gasteiger partial charge in [-0.3, -0.25) is 19.7 Å². The van der Waals surface area contributed by atoms with Gasteiger partial charge in [0.1, 0.15) is 5.71 Å². The lowest BCUT2D eigenvalue weighted by atomic mass is 10.1. The molecule has 1 aliphatic heterocycles. The summed E-state index contributed by atoms with van der Waals surface area (Å²) >= 11 is 0. The summed E-state index contributed by atoms with van der Waals surface area (Å²) in [5.74, 6) is 3.85. The molecule has 0 radical (unpaired) electrons. The second-order valence-electron chi connectivity index (χ2n) is 7.55. The molecule has 1 heterocycles. The number of benzene rings is 2. The molecule has 1 saturated heterocycles. The van der Waals surface area contributed by atoms with Crippen LogP contribution >= 0.6 is 0 Å². The fourth-order valence-corrected chi connectivity index (χ4v) is 3.25. The molecule has 34 heavy (non-hydrogen) atoms. The highest BCUT2D eigenvalue weighted by molar-refractivity contribution is 6.11. The maximum atomic E-state index is 12.8. The summed E-state index contributed by atoms with van der Waals surface area (Å²) in [4.78, 5) is 26.2. The summed E-state index contributed by atoms with van der Waals surface area (Å²) < 4.78 is 30.9. The van der Waals surface area contributed by atoms with Crippen LogP contribution in [0.5, 0.6) is 0 Å². The third kappa shape index (κ3) is 6.92. The van der Waals surface area contributed by atoms with E-state index in [2.05, 4.69) is 16.7 Å². The number of morpholine rings is 1. The maximum Gasteiger partial charge on any atom is 0.278 e. The Balaban J connectivity index is 1.60. The van der Waals surface area contributed by atoms with E-state index in [4.69, 9.17) is 15.4 Å². The SMILES string of the molecule is N=C(C(F)F)[C@H](NC(=O)c1ccc(C#Cc2ccc(CN3CCOCC3)cc2)cc1)C(=O)NO. The van der Waals surface area contributed by atoms with E-state index in [-0.39, 0.29) is 5.56 Å². The van der Waals surface area contributed by atoms with Crippen molar-refractivity contribution >= 4 is 17.5 Å². The van der Waals surface area contributed by atoms with Crippen molar-refractivity contribution in [1.29, 1.82) is 5.41 Å². The Bertz CT molecular complexity index is 1070. The lowest BCUT2D eigenvalue weighted by molar-refractivity contribution is -0.129. The van der Waals surface area contributed by atoms with Crippen molar-refractivity contribution in [2.24, 2.45) is 0 Å². The predicted molar refractivity (Wildman–Crippen MR) is 120 cm³/mol. The van der Waals surface area contributed by atoms with Crippen molar-refractivity contribution in [1.82, 2.24) is 15.7 Å². The molecular weight excluding hydrogens is 446 g/mol. The average Bonchev–Trinajstić information content (AvgIpc) is 2.86. The highest BCUT2D eigenvalue weighted by Gasteiger charge is 2.30. The Kier molecular flexibility index (Phi) is 8.81. The first kappa shape index (κ1) is 25.0. The second-order valence-corrected chi connectivity index (χ2v) is 7.55. The van der Waals surface area contributed by atoms with Crippen LogP contribution in [-0.2, 0) is 16.1 Å². The average molecular weight is 470 g/mol. The first-order valence-electron chi connectivity index (χ1n) is 10.5. The Morgan fingerprint density at radius 2 is 1.59 bits per heavy atom. The van der Waals surface area contributed by atoms with Crippen LogP contribution in [0, 0.1) is 17.3 Å². The van der Waals surface area contributed by atoms with Crippen molar-refractivity contribution in [2.45, 2.75) is 19.0 Å². The maximum absolute atomic E-state index is 12.8. The first-order valence-corrected chi connectivity index (χ1v) is 10.5. The van der Waals surface area contributed by atoms with Crippen LogP contribution in [0.15, 0.2) is 48.5 Å². The van der Waals surface area contributed by atoms with Gasteiger partial charge in [-0.15, -0.1) is 0 Å². The highest BCUT2D eigenvalue weighted by Crippen LogP contribution is 2.10. The lowest BCUT2D eigenvalue weighted by Gasteiger charge is -2.26. The van der Waals surface area contributed by atoms with Gasteiger partial charge in [0.25, 0.3) is 18.2 Å². The van der Waals surface area contributed by atoms with Gasteiger partial charge in [0.05, 0.1) is 13.2 Å². The molecule has 178 valence electrons. The number of carbonyl (C=O) groups is 2. The molecule has 2 aromatic carbocycles. The van der Waals surface area contributed by atoms with Gasteiger partial charge in [0.15, 0.2) is 6.04 Å². The monoisotopic (exact) mass is 470 g/mol. The minimum Gasteiger partial charge on any atom is -0.379 e. The molecular formula is C24H24F2N4O4. The molecule has 3 rings (SSSR count). The molecule has 0 unspecified atom stereocenters. The number of halogens is 2. The molecule has 1 atom stereocenters. The van der Waals surface area contributed by atoms with Crippen LogP contribution in [-0.4, -0.2) is 66.4 Å². The van der Waals surface area contributed by atoms with Crippen LogP contribution in [0.2, 0.25) is 0 Å². The zero-order chi connectivity index (χ0) is 24.5. The number of amides is 2. The summed E-state index contributed by atoms with van der Waals surface area (Å²) in [5, 5.41) is 18.0. The second kappa shape index (κ2) is 12.0. The largest absolute Gasteiger partial charge is 0.379 e. The Labute approximate surface area is 195 Å².